The zero-order chi connectivity index (χ0) is 13.7. The molecule has 0 saturated carbocycles. The Bertz CT molecular complexity index is 677. The number of anilines is 2. The van der Waals surface area contributed by atoms with Crippen LogP contribution in [-0.4, -0.2) is 0 Å². The predicted octanol–water partition coefficient (Wildman–Crippen LogP) is 2.62. The Balaban J connectivity index is 2.09. The zero-order valence-electron chi connectivity index (χ0n) is 10.2. The van der Waals surface area contributed by atoms with E-state index in [1.807, 2.05) is 30.3 Å². The molecule has 0 aromatic heterocycles. The summed E-state index contributed by atoms with van der Waals surface area (Å²) in [7, 11) is 0. The quantitative estimate of drug-likeness (QED) is 0.817. The minimum Gasteiger partial charge on any atom is -0.398 e. The second kappa shape index (κ2) is 5.57. The number of nitrogens with zero attached hydrogens (tertiary/aromatic N) is 2. The highest BCUT2D eigenvalue weighted by atomic mass is 14.9. The van der Waals surface area contributed by atoms with Gasteiger partial charge in [0.15, 0.2) is 0 Å². The van der Waals surface area contributed by atoms with Gasteiger partial charge in [-0.25, -0.2) is 0 Å². The summed E-state index contributed by atoms with van der Waals surface area (Å²) >= 11 is 0. The zero-order valence-corrected chi connectivity index (χ0v) is 10.2. The van der Waals surface area contributed by atoms with Crippen molar-refractivity contribution in [3.8, 4) is 12.1 Å². The third kappa shape index (κ3) is 3.02. The second-order valence-electron chi connectivity index (χ2n) is 4.08. The highest BCUT2D eigenvalue weighted by Gasteiger charge is 2.00. The van der Waals surface area contributed by atoms with Gasteiger partial charge in [0.25, 0.3) is 0 Å². The molecule has 92 valence electrons. The van der Waals surface area contributed by atoms with Gasteiger partial charge in [-0.2, -0.15) is 10.5 Å². The molecular formula is C15H12N4. The molecule has 0 aliphatic rings. The molecule has 4 heteroatoms. The molecule has 3 N–H and O–H groups in total. The molecule has 0 atom stereocenters. The summed E-state index contributed by atoms with van der Waals surface area (Å²) in [5.74, 6) is 0. The number of rotatable bonds is 3. The van der Waals surface area contributed by atoms with E-state index >= 15 is 0 Å². The van der Waals surface area contributed by atoms with Crippen molar-refractivity contribution in [2.24, 2.45) is 0 Å². The molecule has 19 heavy (non-hydrogen) atoms. The van der Waals surface area contributed by atoms with E-state index in [0.29, 0.717) is 23.4 Å². The van der Waals surface area contributed by atoms with Crippen LogP contribution in [0.15, 0.2) is 42.5 Å². The molecule has 0 bridgehead atoms. The van der Waals surface area contributed by atoms with Gasteiger partial charge in [0.05, 0.1) is 22.9 Å². The largest absolute Gasteiger partial charge is 0.398 e. The maximum atomic E-state index is 8.82. The summed E-state index contributed by atoms with van der Waals surface area (Å²) < 4.78 is 0. The maximum Gasteiger partial charge on any atom is 0.101 e. The van der Waals surface area contributed by atoms with Crippen LogP contribution >= 0.6 is 0 Å². The normalized spacial score (nSPS) is 9.37. The van der Waals surface area contributed by atoms with E-state index < -0.39 is 0 Å². The van der Waals surface area contributed by atoms with Crippen LogP contribution in [0.3, 0.4) is 0 Å². The van der Waals surface area contributed by atoms with Gasteiger partial charge in [0.2, 0.25) is 0 Å². The molecule has 0 aliphatic carbocycles. The topological polar surface area (TPSA) is 85.6 Å². The summed E-state index contributed by atoms with van der Waals surface area (Å²) in [6.45, 7) is 0.598. The summed E-state index contributed by atoms with van der Waals surface area (Å²) in [5, 5.41) is 20.8. The van der Waals surface area contributed by atoms with Crippen molar-refractivity contribution in [3.05, 3.63) is 59.2 Å². The van der Waals surface area contributed by atoms with E-state index in [1.165, 1.54) is 0 Å². The predicted molar refractivity (Wildman–Crippen MR) is 74.1 cm³/mol. The summed E-state index contributed by atoms with van der Waals surface area (Å²) in [5.41, 5.74) is 9.17. The van der Waals surface area contributed by atoms with E-state index in [2.05, 4.69) is 11.4 Å². The third-order valence-corrected chi connectivity index (χ3v) is 2.72. The van der Waals surface area contributed by atoms with Crippen molar-refractivity contribution >= 4 is 11.4 Å². The average Bonchev–Trinajstić information content (AvgIpc) is 2.45. The molecule has 2 aromatic rings. The standard InChI is InChI=1S/C15H12N4/c16-8-11-2-1-3-12(6-11)10-19-14-5-4-13(9-17)15(18)7-14/h1-7,19H,10,18H2. The van der Waals surface area contributed by atoms with Crippen molar-refractivity contribution < 1.29 is 0 Å². The number of nitriles is 2. The van der Waals surface area contributed by atoms with E-state index in [1.54, 1.807) is 18.2 Å². The molecule has 0 amide bonds. The molecule has 2 aromatic carbocycles. The molecule has 0 radical (unpaired) electrons. The van der Waals surface area contributed by atoms with Crippen LogP contribution in [-0.2, 0) is 6.54 Å². The third-order valence-electron chi connectivity index (χ3n) is 2.72. The highest BCUT2D eigenvalue weighted by molar-refractivity contribution is 5.62. The lowest BCUT2D eigenvalue weighted by atomic mass is 10.1. The van der Waals surface area contributed by atoms with Crippen molar-refractivity contribution in [1.82, 2.24) is 0 Å². The molecule has 4 nitrogen and oxygen atoms in total. The van der Waals surface area contributed by atoms with Crippen LogP contribution in [0.4, 0.5) is 11.4 Å². The van der Waals surface area contributed by atoms with Crippen LogP contribution in [0.5, 0.6) is 0 Å². The fourth-order valence-corrected chi connectivity index (χ4v) is 1.73. The lowest BCUT2D eigenvalue weighted by molar-refractivity contribution is 1.15. The summed E-state index contributed by atoms with van der Waals surface area (Å²) in [6, 6.07) is 16.7. The lowest BCUT2D eigenvalue weighted by Gasteiger charge is -2.08. The number of hydrogen-bond donors (Lipinski definition) is 2. The van der Waals surface area contributed by atoms with Gasteiger partial charge in [0.1, 0.15) is 6.07 Å². The van der Waals surface area contributed by atoms with Gasteiger partial charge in [0, 0.05) is 12.2 Å². The monoisotopic (exact) mass is 248 g/mol. The Morgan fingerprint density at radius 2 is 1.89 bits per heavy atom. The Labute approximate surface area is 111 Å². The SMILES string of the molecule is N#Cc1cccc(CNc2ccc(C#N)c(N)c2)c1. The minimum atomic E-state index is 0.457. The van der Waals surface area contributed by atoms with Crippen LogP contribution in [0.25, 0.3) is 0 Å². The highest BCUT2D eigenvalue weighted by Crippen LogP contribution is 2.18. The minimum absolute atomic E-state index is 0.457. The number of nitrogens with one attached hydrogen (secondary N) is 1. The molecule has 0 unspecified atom stereocenters. The first-order valence-electron chi connectivity index (χ1n) is 5.75. The smallest absolute Gasteiger partial charge is 0.101 e. The van der Waals surface area contributed by atoms with E-state index in [-0.39, 0.29) is 0 Å². The summed E-state index contributed by atoms with van der Waals surface area (Å²) in [6.07, 6.45) is 0. The molecule has 0 saturated heterocycles. The Morgan fingerprint density at radius 1 is 1.05 bits per heavy atom. The van der Waals surface area contributed by atoms with Crippen LogP contribution in [0.1, 0.15) is 16.7 Å². The van der Waals surface area contributed by atoms with E-state index in [9.17, 15) is 0 Å². The number of nitrogen functional groups attached to an aromatic ring is 1. The fraction of sp³-hybridized carbons (Fsp3) is 0.0667. The van der Waals surface area contributed by atoms with Gasteiger partial charge in [-0.05, 0) is 35.9 Å². The van der Waals surface area contributed by atoms with Crippen molar-refractivity contribution in [3.63, 3.8) is 0 Å². The lowest BCUT2D eigenvalue weighted by Crippen LogP contribution is -2.01. The van der Waals surface area contributed by atoms with Crippen molar-refractivity contribution in [2.75, 3.05) is 11.1 Å². The van der Waals surface area contributed by atoms with Gasteiger partial charge < -0.3 is 11.1 Å². The molecule has 0 spiro atoms. The molecule has 0 heterocycles. The first kappa shape index (κ1) is 12.5. The van der Waals surface area contributed by atoms with Crippen molar-refractivity contribution in [1.29, 1.82) is 10.5 Å². The van der Waals surface area contributed by atoms with Crippen molar-refractivity contribution in [2.45, 2.75) is 6.54 Å². The van der Waals surface area contributed by atoms with Gasteiger partial charge in [-0.15, -0.1) is 0 Å². The molecular weight excluding hydrogens is 236 g/mol. The Morgan fingerprint density at radius 3 is 2.58 bits per heavy atom. The summed E-state index contributed by atoms with van der Waals surface area (Å²) in [4.78, 5) is 0. The number of benzene rings is 2. The van der Waals surface area contributed by atoms with E-state index in [0.717, 1.165) is 11.3 Å². The maximum absolute atomic E-state index is 8.82. The van der Waals surface area contributed by atoms with Crippen LogP contribution in [0, 0.1) is 22.7 Å². The van der Waals surface area contributed by atoms with E-state index in [4.69, 9.17) is 16.3 Å². The Hall–Kier alpha value is -2.98. The van der Waals surface area contributed by atoms with Gasteiger partial charge >= 0.3 is 0 Å². The Kier molecular flexibility index (Phi) is 3.66. The first-order valence-corrected chi connectivity index (χ1v) is 5.75. The molecule has 0 aliphatic heterocycles. The van der Waals surface area contributed by atoms with Crippen LogP contribution in [0.2, 0.25) is 0 Å². The number of nitrogens with two attached hydrogens (primary N) is 1. The first-order chi connectivity index (χ1) is 9.22. The molecule has 2 rings (SSSR count). The fourth-order valence-electron chi connectivity index (χ4n) is 1.73. The average molecular weight is 248 g/mol. The number of hydrogen-bond acceptors (Lipinski definition) is 4. The second-order valence-corrected chi connectivity index (χ2v) is 4.08. The van der Waals surface area contributed by atoms with Gasteiger partial charge in [-0.1, -0.05) is 12.1 Å². The molecule has 0 fully saturated rings. The van der Waals surface area contributed by atoms with Gasteiger partial charge in [-0.3, -0.25) is 0 Å². The van der Waals surface area contributed by atoms with Crippen LogP contribution < -0.4 is 11.1 Å².